The Balaban J connectivity index is 2.29. The highest BCUT2D eigenvalue weighted by atomic mass is 32.2. The third-order valence-electron chi connectivity index (χ3n) is 3.24. The van der Waals surface area contributed by atoms with Crippen molar-refractivity contribution in [3.63, 3.8) is 0 Å². The first-order valence-corrected chi connectivity index (χ1v) is 7.19. The minimum Gasteiger partial charge on any atom is -0.377 e. The normalized spacial score (nSPS) is 30.2. The molecule has 1 N–H and O–H groups in total. The van der Waals surface area contributed by atoms with Gasteiger partial charge in [0.2, 0.25) is 0 Å². The lowest BCUT2D eigenvalue weighted by molar-refractivity contribution is -0.131. The molecule has 1 fully saturated rings. The molecule has 3 nitrogen and oxygen atoms in total. The molecule has 0 amide bonds. The lowest BCUT2D eigenvalue weighted by atomic mass is 9.85. The van der Waals surface area contributed by atoms with Crippen molar-refractivity contribution in [1.29, 1.82) is 0 Å². The Morgan fingerprint density at radius 1 is 1.44 bits per heavy atom. The fourth-order valence-corrected chi connectivity index (χ4v) is 2.15. The molecule has 0 aromatic carbocycles. The van der Waals surface area contributed by atoms with E-state index in [-0.39, 0.29) is 17.0 Å². The molecule has 1 aliphatic carbocycles. The van der Waals surface area contributed by atoms with E-state index in [0.29, 0.717) is 6.04 Å². The van der Waals surface area contributed by atoms with Crippen LogP contribution in [-0.2, 0) is 9.47 Å². The van der Waals surface area contributed by atoms with Crippen LogP contribution < -0.4 is 5.32 Å². The Bertz CT molecular complexity index is 211. The van der Waals surface area contributed by atoms with Crippen LogP contribution in [0.5, 0.6) is 0 Å². The molecule has 96 valence electrons. The van der Waals surface area contributed by atoms with Crippen molar-refractivity contribution < 1.29 is 9.47 Å². The summed E-state index contributed by atoms with van der Waals surface area (Å²) in [6.07, 6.45) is 3.72. The molecule has 0 saturated heterocycles. The monoisotopic (exact) mass is 247 g/mol. The Morgan fingerprint density at radius 2 is 2.12 bits per heavy atom. The molecule has 4 heteroatoms. The zero-order chi connectivity index (χ0) is 12.2. The predicted octanol–water partition coefficient (Wildman–Crippen LogP) is 1.91. The average molecular weight is 247 g/mol. The molecule has 3 unspecified atom stereocenters. The van der Waals surface area contributed by atoms with Crippen LogP contribution >= 0.6 is 11.8 Å². The molecule has 0 heterocycles. The molecule has 1 saturated carbocycles. The summed E-state index contributed by atoms with van der Waals surface area (Å²) in [5, 5.41) is 3.57. The maximum absolute atomic E-state index is 5.60. The van der Waals surface area contributed by atoms with Crippen LogP contribution in [-0.4, -0.2) is 49.5 Å². The summed E-state index contributed by atoms with van der Waals surface area (Å²) < 4.78 is 11.4. The second-order valence-corrected chi connectivity index (χ2v) is 6.39. The number of hydrogen-bond donors (Lipinski definition) is 1. The number of ether oxygens (including phenoxy) is 2. The van der Waals surface area contributed by atoms with Crippen molar-refractivity contribution >= 4 is 11.8 Å². The molecule has 3 atom stereocenters. The van der Waals surface area contributed by atoms with Gasteiger partial charge in [0.1, 0.15) is 0 Å². The molecular weight excluding hydrogens is 222 g/mol. The van der Waals surface area contributed by atoms with E-state index < -0.39 is 0 Å². The summed E-state index contributed by atoms with van der Waals surface area (Å²) >= 11 is 1.89. The molecule has 1 aliphatic rings. The smallest absolute Gasteiger partial charge is 0.0986 e. The van der Waals surface area contributed by atoms with Crippen LogP contribution in [0.25, 0.3) is 0 Å². The molecule has 0 spiro atoms. The lowest BCUT2D eigenvalue weighted by Gasteiger charge is -2.44. The highest BCUT2D eigenvalue weighted by Gasteiger charge is 2.42. The minimum absolute atomic E-state index is 0.220. The first kappa shape index (κ1) is 14.3. The van der Waals surface area contributed by atoms with Gasteiger partial charge in [-0.15, -0.1) is 0 Å². The SMILES string of the molecule is CCOC1CC(NCC(C)(C)SC)C1OC. The Labute approximate surface area is 104 Å². The van der Waals surface area contributed by atoms with Crippen LogP contribution in [0.1, 0.15) is 27.2 Å². The maximum Gasteiger partial charge on any atom is 0.0986 e. The summed E-state index contributed by atoms with van der Waals surface area (Å²) in [5.74, 6) is 0. The van der Waals surface area contributed by atoms with Crippen LogP contribution in [0, 0.1) is 0 Å². The largest absolute Gasteiger partial charge is 0.377 e. The molecule has 0 radical (unpaired) electrons. The number of methoxy groups -OCH3 is 1. The summed E-state index contributed by atoms with van der Waals surface area (Å²) in [6, 6.07) is 0.452. The van der Waals surface area contributed by atoms with Crippen LogP contribution in [0.15, 0.2) is 0 Å². The van der Waals surface area contributed by atoms with Gasteiger partial charge in [0, 0.05) is 31.1 Å². The standard InChI is InChI=1S/C12H25NO2S/c1-6-15-10-7-9(11(10)14-4)13-8-12(2,3)16-5/h9-11,13H,6-8H2,1-5H3. The highest BCUT2D eigenvalue weighted by molar-refractivity contribution is 7.99. The fraction of sp³-hybridized carbons (Fsp3) is 1.00. The molecular formula is C12H25NO2S. The minimum atomic E-state index is 0.220. The van der Waals surface area contributed by atoms with Gasteiger partial charge in [-0.3, -0.25) is 0 Å². The van der Waals surface area contributed by atoms with Gasteiger partial charge in [0.05, 0.1) is 12.2 Å². The Kier molecular flexibility index (Phi) is 5.57. The van der Waals surface area contributed by atoms with Crippen molar-refractivity contribution in [1.82, 2.24) is 5.32 Å². The van der Waals surface area contributed by atoms with Crippen molar-refractivity contribution in [2.45, 2.75) is 50.2 Å². The van der Waals surface area contributed by atoms with E-state index in [4.69, 9.17) is 9.47 Å². The number of nitrogens with one attached hydrogen (secondary N) is 1. The van der Waals surface area contributed by atoms with Gasteiger partial charge < -0.3 is 14.8 Å². The van der Waals surface area contributed by atoms with Crippen LogP contribution in [0.2, 0.25) is 0 Å². The van der Waals surface area contributed by atoms with E-state index in [1.807, 2.05) is 18.7 Å². The zero-order valence-electron chi connectivity index (χ0n) is 11.1. The van der Waals surface area contributed by atoms with E-state index in [9.17, 15) is 0 Å². The first-order valence-electron chi connectivity index (χ1n) is 5.97. The third-order valence-corrected chi connectivity index (χ3v) is 4.49. The molecule has 0 aromatic heterocycles. The van der Waals surface area contributed by atoms with Crippen LogP contribution in [0.4, 0.5) is 0 Å². The quantitative estimate of drug-likeness (QED) is 0.744. The van der Waals surface area contributed by atoms with E-state index in [1.54, 1.807) is 7.11 Å². The first-order chi connectivity index (χ1) is 7.54. The van der Waals surface area contributed by atoms with Crippen LogP contribution in [0.3, 0.4) is 0 Å². The average Bonchev–Trinajstić information content (AvgIpc) is 2.23. The maximum atomic E-state index is 5.60. The summed E-state index contributed by atoms with van der Waals surface area (Å²) in [7, 11) is 1.77. The molecule has 0 aliphatic heterocycles. The molecule has 16 heavy (non-hydrogen) atoms. The van der Waals surface area contributed by atoms with E-state index in [1.165, 1.54) is 0 Å². The van der Waals surface area contributed by atoms with Crippen molar-refractivity contribution in [2.75, 3.05) is 26.5 Å². The Morgan fingerprint density at radius 3 is 2.62 bits per heavy atom. The van der Waals surface area contributed by atoms with Crippen molar-refractivity contribution in [3.8, 4) is 0 Å². The summed E-state index contributed by atoms with van der Waals surface area (Å²) in [4.78, 5) is 0. The number of hydrogen-bond acceptors (Lipinski definition) is 4. The van der Waals surface area contributed by atoms with Crippen molar-refractivity contribution in [3.05, 3.63) is 0 Å². The third kappa shape index (κ3) is 3.62. The molecule has 1 rings (SSSR count). The van der Waals surface area contributed by atoms with E-state index in [2.05, 4.69) is 25.4 Å². The Hall–Kier alpha value is 0.230. The van der Waals surface area contributed by atoms with Gasteiger partial charge in [-0.1, -0.05) is 0 Å². The van der Waals surface area contributed by atoms with E-state index in [0.717, 1.165) is 19.6 Å². The van der Waals surface area contributed by atoms with Gasteiger partial charge in [-0.05, 0) is 33.4 Å². The molecule has 0 aromatic rings. The summed E-state index contributed by atoms with van der Waals surface area (Å²) in [6.45, 7) is 8.33. The zero-order valence-corrected chi connectivity index (χ0v) is 11.9. The van der Waals surface area contributed by atoms with Crippen molar-refractivity contribution in [2.24, 2.45) is 0 Å². The highest BCUT2D eigenvalue weighted by Crippen LogP contribution is 2.28. The second-order valence-electron chi connectivity index (χ2n) is 4.88. The predicted molar refractivity (Wildman–Crippen MR) is 70.2 cm³/mol. The van der Waals surface area contributed by atoms with Gasteiger partial charge in [0.15, 0.2) is 0 Å². The topological polar surface area (TPSA) is 30.5 Å². The molecule has 0 bridgehead atoms. The lowest BCUT2D eigenvalue weighted by Crippen LogP contribution is -2.61. The van der Waals surface area contributed by atoms with Gasteiger partial charge >= 0.3 is 0 Å². The van der Waals surface area contributed by atoms with Gasteiger partial charge in [-0.25, -0.2) is 0 Å². The van der Waals surface area contributed by atoms with E-state index >= 15 is 0 Å². The van der Waals surface area contributed by atoms with Gasteiger partial charge in [-0.2, -0.15) is 11.8 Å². The number of rotatable bonds is 7. The number of thioether (sulfide) groups is 1. The fourth-order valence-electron chi connectivity index (χ4n) is 1.92. The second kappa shape index (κ2) is 6.24. The van der Waals surface area contributed by atoms with Gasteiger partial charge in [0.25, 0.3) is 0 Å². The summed E-state index contributed by atoms with van der Waals surface area (Å²) in [5.41, 5.74) is 0.